The maximum absolute atomic E-state index is 12.7. The van der Waals surface area contributed by atoms with Crippen LogP contribution in [0.25, 0.3) is 0 Å². The minimum Gasteiger partial charge on any atom is -0.486 e. The molecule has 1 aliphatic heterocycles. The number of oxazole rings is 1. The van der Waals surface area contributed by atoms with E-state index in [0.717, 1.165) is 42.4 Å². The van der Waals surface area contributed by atoms with Crippen molar-refractivity contribution in [3.63, 3.8) is 0 Å². The molecule has 8 nitrogen and oxygen atoms in total. The Kier molecular flexibility index (Phi) is 7.63. The van der Waals surface area contributed by atoms with Crippen LogP contribution < -0.4 is 10.1 Å². The van der Waals surface area contributed by atoms with E-state index in [1.807, 2.05) is 25.1 Å². The molecule has 1 aromatic carbocycles. The van der Waals surface area contributed by atoms with Crippen molar-refractivity contribution in [2.24, 2.45) is 0 Å². The predicted molar refractivity (Wildman–Crippen MR) is 136 cm³/mol. The number of ether oxygens (including phenoxy) is 1. The second-order valence-electron chi connectivity index (χ2n) is 9.88. The highest BCUT2D eigenvalue weighted by atomic mass is 16.5. The number of hydrogen-bond donors (Lipinski definition) is 2. The summed E-state index contributed by atoms with van der Waals surface area (Å²) in [6, 6.07) is 10.4. The van der Waals surface area contributed by atoms with E-state index in [-0.39, 0.29) is 12.2 Å². The minimum atomic E-state index is -0.556. The van der Waals surface area contributed by atoms with Gasteiger partial charge in [0.15, 0.2) is 17.9 Å². The van der Waals surface area contributed by atoms with E-state index < -0.39 is 6.10 Å². The Bertz CT molecular complexity index is 1190. The van der Waals surface area contributed by atoms with E-state index in [1.165, 1.54) is 36.8 Å². The standard InChI is InChI=1S/C28H34N4O4/c1-19-28(36-18-30-19)17-35-25-7-5-21-15-32(12-10-20(21)13-25)16-24(33)6-8-27(34)26-14-23(9-11-29-26)31-22-3-2-4-22/h5,7,9,11,13-14,18,22,24,33H,2-4,6,8,10,12,15-17H2,1H3,(H,29,31)/t24-/m0/s1. The molecule has 3 aromatic rings. The average molecular weight is 491 g/mol. The average Bonchev–Trinajstić information content (AvgIpc) is 3.28. The van der Waals surface area contributed by atoms with Gasteiger partial charge in [0.25, 0.3) is 0 Å². The number of benzene rings is 1. The molecule has 1 aliphatic carbocycles. The Hall–Kier alpha value is -3.23. The van der Waals surface area contributed by atoms with Gasteiger partial charge in [0.1, 0.15) is 18.1 Å². The molecular weight excluding hydrogens is 456 g/mol. The molecule has 1 atom stereocenters. The number of nitrogens with zero attached hydrogens (tertiary/aromatic N) is 3. The summed E-state index contributed by atoms with van der Waals surface area (Å²) in [6.45, 7) is 4.44. The quantitative estimate of drug-likeness (QED) is 0.384. The van der Waals surface area contributed by atoms with Gasteiger partial charge in [0.2, 0.25) is 0 Å². The number of aliphatic hydroxyl groups excluding tert-OH is 1. The molecular formula is C28H34N4O4. The number of Topliss-reactive ketones (excluding diaryl/α,β-unsaturated/α-hetero) is 1. The van der Waals surface area contributed by atoms with Crippen molar-refractivity contribution >= 4 is 11.5 Å². The number of pyridine rings is 1. The van der Waals surface area contributed by atoms with Gasteiger partial charge in [-0.3, -0.25) is 14.7 Å². The SMILES string of the molecule is Cc1ncoc1COc1ccc2c(c1)CCN(C[C@@H](O)CCC(=O)c1cc(NC3CCC3)ccn1)C2. The molecule has 2 aromatic heterocycles. The molecule has 0 bridgehead atoms. The highest BCUT2D eigenvalue weighted by molar-refractivity contribution is 5.95. The zero-order chi connectivity index (χ0) is 24.9. The van der Waals surface area contributed by atoms with E-state index >= 15 is 0 Å². The molecule has 0 spiro atoms. The van der Waals surface area contributed by atoms with Crippen molar-refractivity contribution in [1.29, 1.82) is 0 Å². The van der Waals surface area contributed by atoms with Gasteiger partial charge in [-0.25, -0.2) is 4.98 Å². The third kappa shape index (κ3) is 6.12. The number of nitrogens with one attached hydrogen (secondary N) is 1. The van der Waals surface area contributed by atoms with Crippen molar-refractivity contribution in [2.75, 3.05) is 18.4 Å². The molecule has 0 amide bonds. The smallest absolute Gasteiger partial charge is 0.181 e. The van der Waals surface area contributed by atoms with Crippen LogP contribution in [0.2, 0.25) is 0 Å². The highest BCUT2D eigenvalue weighted by Crippen LogP contribution is 2.26. The van der Waals surface area contributed by atoms with E-state index in [2.05, 4.69) is 32.3 Å². The molecule has 2 aliphatic rings. The lowest BCUT2D eigenvalue weighted by Crippen LogP contribution is -2.36. The molecule has 0 saturated heterocycles. The topological polar surface area (TPSA) is 101 Å². The van der Waals surface area contributed by atoms with Gasteiger partial charge < -0.3 is 19.6 Å². The van der Waals surface area contributed by atoms with Crippen LogP contribution in [0.1, 0.15) is 65.2 Å². The molecule has 3 heterocycles. The molecule has 0 radical (unpaired) electrons. The first-order valence-electron chi connectivity index (χ1n) is 12.8. The molecule has 0 unspecified atom stereocenters. The van der Waals surface area contributed by atoms with E-state index in [0.29, 0.717) is 31.3 Å². The Morgan fingerprint density at radius 2 is 2.14 bits per heavy atom. The summed E-state index contributed by atoms with van der Waals surface area (Å²) < 4.78 is 11.2. The fraction of sp³-hybridized carbons (Fsp3) is 0.464. The number of aromatic nitrogens is 2. The highest BCUT2D eigenvalue weighted by Gasteiger charge is 2.21. The van der Waals surface area contributed by atoms with E-state index in [1.54, 1.807) is 6.20 Å². The summed E-state index contributed by atoms with van der Waals surface area (Å²) in [5, 5.41) is 14.1. The molecule has 8 heteroatoms. The summed E-state index contributed by atoms with van der Waals surface area (Å²) in [5.41, 5.74) is 4.77. The van der Waals surface area contributed by atoms with Crippen molar-refractivity contribution in [1.82, 2.24) is 14.9 Å². The van der Waals surface area contributed by atoms with Crippen LogP contribution in [0.4, 0.5) is 5.69 Å². The summed E-state index contributed by atoms with van der Waals surface area (Å²) >= 11 is 0. The van der Waals surface area contributed by atoms with Gasteiger partial charge >= 0.3 is 0 Å². The number of fused-ring (bicyclic) bond motifs is 1. The largest absolute Gasteiger partial charge is 0.486 e. The second kappa shape index (κ2) is 11.2. The number of rotatable bonds is 11. The Morgan fingerprint density at radius 1 is 1.25 bits per heavy atom. The number of carbonyl (C=O) groups excluding carboxylic acids is 1. The molecule has 36 heavy (non-hydrogen) atoms. The molecule has 190 valence electrons. The molecule has 1 fully saturated rings. The number of aliphatic hydroxyl groups is 1. The first-order chi connectivity index (χ1) is 17.5. The number of hydrogen-bond acceptors (Lipinski definition) is 8. The van der Waals surface area contributed by atoms with E-state index in [4.69, 9.17) is 9.15 Å². The van der Waals surface area contributed by atoms with Crippen LogP contribution in [-0.2, 0) is 19.6 Å². The fourth-order valence-electron chi connectivity index (χ4n) is 4.72. The summed E-state index contributed by atoms with van der Waals surface area (Å²) in [6.07, 6.45) is 7.78. The monoisotopic (exact) mass is 490 g/mol. The summed E-state index contributed by atoms with van der Waals surface area (Å²) in [5.74, 6) is 1.53. The predicted octanol–water partition coefficient (Wildman–Crippen LogP) is 4.30. The zero-order valence-corrected chi connectivity index (χ0v) is 20.8. The first kappa shape index (κ1) is 24.5. The Morgan fingerprint density at radius 3 is 2.92 bits per heavy atom. The van der Waals surface area contributed by atoms with Gasteiger partial charge in [-0.05, 0) is 74.4 Å². The number of ketones is 1. The van der Waals surface area contributed by atoms with Gasteiger partial charge in [-0.2, -0.15) is 0 Å². The fourth-order valence-corrected chi connectivity index (χ4v) is 4.72. The lowest BCUT2D eigenvalue weighted by atomic mass is 9.93. The Balaban J connectivity index is 1.07. The summed E-state index contributed by atoms with van der Waals surface area (Å²) in [4.78, 5) is 23.3. The van der Waals surface area contributed by atoms with Crippen LogP contribution in [0.5, 0.6) is 5.75 Å². The third-order valence-electron chi connectivity index (χ3n) is 7.18. The Labute approximate surface area is 211 Å². The van der Waals surface area contributed by atoms with Crippen LogP contribution >= 0.6 is 0 Å². The van der Waals surface area contributed by atoms with Gasteiger partial charge in [0, 0.05) is 44.0 Å². The molecule has 5 rings (SSSR count). The number of aryl methyl sites for hydroxylation is 1. The lowest BCUT2D eigenvalue weighted by molar-refractivity contribution is 0.0833. The van der Waals surface area contributed by atoms with Gasteiger partial charge in [-0.1, -0.05) is 6.07 Å². The number of carbonyl (C=O) groups is 1. The van der Waals surface area contributed by atoms with Crippen molar-refractivity contribution in [3.05, 3.63) is 71.2 Å². The third-order valence-corrected chi connectivity index (χ3v) is 7.18. The number of β-amino-alcohol motifs (C(OH)–C–C–N with tert-alkyl or cyclic N) is 1. The van der Waals surface area contributed by atoms with Crippen LogP contribution in [0, 0.1) is 6.92 Å². The van der Waals surface area contributed by atoms with Crippen LogP contribution in [0.3, 0.4) is 0 Å². The van der Waals surface area contributed by atoms with Crippen molar-refractivity contribution < 1.29 is 19.1 Å². The number of anilines is 1. The van der Waals surface area contributed by atoms with E-state index in [9.17, 15) is 9.90 Å². The van der Waals surface area contributed by atoms with Crippen LogP contribution in [0.15, 0.2) is 47.3 Å². The normalized spacial score (nSPS) is 16.7. The lowest BCUT2D eigenvalue weighted by Gasteiger charge is -2.30. The van der Waals surface area contributed by atoms with Gasteiger partial charge in [0.05, 0.1) is 11.8 Å². The summed E-state index contributed by atoms with van der Waals surface area (Å²) in [7, 11) is 0. The van der Waals surface area contributed by atoms with Crippen molar-refractivity contribution in [3.8, 4) is 5.75 Å². The second-order valence-corrected chi connectivity index (χ2v) is 9.88. The molecule has 2 N–H and O–H groups in total. The zero-order valence-electron chi connectivity index (χ0n) is 20.8. The van der Waals surface area contributed by atoms with Crippen molar-refractivity contribution in [2.45, 2.75) is 70.7 Å². The minimum absolute atomic E-state index is 0.0247. The first-order valence-corrected chi connectivity index (χ1v) is 12.8. The maximum Gasteiger partial charge on any atom is 0.181 e. The van der Waals surface area contributed by atoms with Gasteiger partial charge in [-0.15, -0.1) is 0 Å². The molecule has 1 saturated carbocycles. The van der Waals surface area contributed by atoms with Crippen LogP contribution in [-0.4, -0.2) is 51.0 Å². The maximum atomic E-state index is 12.7.